The highest BCUT2D eigenvalue weighted by Crippen LogP contribution is 2.04. The van der Waals surface area contributed by atoms with Crippen LogP contribution in [0.2, 0.25) is 0 Å². The van der Waals surface area contributed by atoms with Gasteiger partial charge in [0.15, 0.2) is 0 Å². The van der Waals surface area contributed by atoms with E-state index in [1.165, 1.54) is 6.20 Å². The van der Waals surface area contributed by atoms with Crippen molar-refractivity contribution in [1.29, 1.82) is 0 Å². The number of aromatic amines is 1. The Morgan fingerprint density at radius 3 is 2.63 bits per heavy atom. The number of amides is 3. The molecule has 0 bridgehead atoms. The molecule has 0 radical (unpaired) electrons. The van der Waals surface area contributed by atoms with E-state index >= 15 is 0 Å². The van der Waals surface area contributed by atoms with Gasteiger partial charge in [-0.1, -0.05) is 0 Å². The lowest BCUT2D eigenvalue weighted by atomic mass is 10.2. The Balaban J connectivity index is 2.53. The summed E-state index contributed by atoms with van der Waals surface area (Å²) in [7, 11) is 0. The van der Waals surface area contributed by atoms with Gasteiger partial charge in [-0.2, -0.15) is 0 Å². The largest absolute Gasteiger partial charge is 0.480 e. The molecule has 0 aromatic carbocycles. The molecule has 9 heteroatoms. The van der Waals surface area contributed by atoms with Gasteiger partial charge >= 0.3 is 12.0 Å². The number of hydrogen-bond donors (Lipinski definition) is 5. The SMILES string of the molecule is CC(NC(=O)NC(CC(N)=O)C(=O)O)c1ncc[nH]1. The molecule has 0 saturated heterocycles. The Morgan fingerprint density at radius 2 is 2.16 bits per heavy atom. The molecule has 0 spiro atoms. The van der Waals surface area contributed by atoms with Gasteiger partial charge in [0, 0.05) is 12.4 Å². The van der Waals surface area contributed by atoms with Crippen molar-refractivity contribution in [3.63, 3.8) is 0 Å². The van der Waals surface area contributed by atoms with Gasteiger partial charge in [-0.3, -0.25) is 4.79 Å². The van der Waals surface area contributed by atoms with Gasteiger partial charge in [-0.05, 0) is 6.92 Å². The highest BCUT2D eigenvalue weighted by atomic mass is 16.4. The molecule has 0 aliphatic heterocycles. The number of rotatable bonds is 6. The Kier molecular flexibility index (Phi) is 4.86. The predicted octanol–water partition coefficient (Wildman–Crippen LogP) is -0.901. The van der Waals surface area contributed by atoms with Crippen molar-refractivity contribution in [3.05, 3.63) is 18.2 Å². The van der Waals surface area contributed by atoms with E-state index in [4.69, 9.17) is 10.8 Å². The van der Waals surface area contributed by atoms with Crippen LogP contribution in [0.1, 0.15) is 25.2 Å². The van der Waals surface area contributed by atoms with Gasteiger partial charge in [-0.25, -0.2) is 14.6 Å². The molecular weight excluding hydrogens is 254 g/mol. The van der Waals surface area contributed by atoms with Gasteiger partial charge in [-0.15, -0.1) is 0 Å². The van der Waals surface area contributed by atoms with Crippen molar-refractivity contribution in [2.24, 2.45) is 5.73 Å². The second-order valence-corrected chi connectivity index (χ2v) is 3.88. The van der Waals surface area contributed by atoms with Gasteiger partial charge in [0.25, 0.3) is 0 Å². The third-order valence-electron chi connectivity index (χ3n) is 2.29. The number of imidazole rings is 1. The molecule has 0 fully saturated rings. The van der Waals surface area contributed by atoms with Crippen LogP contribution in [-0.2, 0) is 9.59 Å². The zero-order valence-corrected chi connectivity index (χ0v) is 10.2. The summed E-state index contributed by atoms with van der Waals surface area (Å²) >= 11 is 0. The molecule has 1 aromatic rings. The lowest BCUT2D eigenvalue weighted by Gasteiger charge is -2.16. The molecule has 2 atom stereocenters. The number of aromatic nitrogens is 2. The zero-order valence-electron chi connectivity index (χ0n) is 10.2. The van der Waals surface area contributed by atoms with Crippen LogP contribution in [0.15, 0.2) is 12.4 Å². The van der Waals surface area contributed by atoms with Gasteiger partial charge in [0.05, 0.1) is 12.5 Å². The summed E-state index contributed by atoms with van der Waals surface area (Å²) in [6.07, 6.45) is 2.65. The van der Waals surface area contributed by atoms with Crippen LogP contribution in [0, 0.1) is 0 Å². The van der Waals surface area contributed by atoms with E-state index in [1.807, 2.05) is 0 Å². The fourth-order valence-corrected chi connectivity index (χ4v) is 1.38. The number of urea groups is 1. The van der Waals surface area contributed by atoms with Crippen molar-refractivity contribution in [2.75, 3.05) is 0 Å². The second-order valence-electron chi connectivity index (χ2n) is 3.88. The van der Waals surface area contributed by atoms with Gasteiger partial charge in [0.1, 0.15) is 11.9 Å². The van der Waals surface area contributed by atoms with Crippen molar-refractivity contribution in [3.8, 4) is 0 Å². The zero-order chi connectivity index (χ0) is 14.4. The monoisotopic (exact) mass is 269 g/mol. The maximum absolute atomic E-state index is 11.6. The number of carbonyl (C=O) groups excluding carboxylic acids is 2. The number of carbonyl (C=O) groups is 3. The van der Waals surface area contributed by atoms with Crippen LogP contribution in [0.25, 0.3) is 0 Å². The van der Waals surface area contributed by atoms with E-state index in [0.29, 0.717) is 5.82 Å². The molecule has 104 valence electrons. The molecule has 0 saturated carbocycles. The first kappa shape index (κ1) is 14.5. The van der Waals surface area contributed by atoms with Crippen molar-refractivity contribution in [1.82, 2.24) is 20.6 Å². The summed E-state index contributed by atoms with van der Waals surface area (Å²) in [5, 5.41) is 13.5. The highest BCUT2D eigenvalue weighted by Gasteiger charge is 2.23. The molecule has 0 aliphatic rings. The van der Waals surface area contributed by atoms with Crippen LogP contribution >= 0.6 is 0 Å². The van der Waals surface area contributed by atoms with Crippen molar-refractivity contribution >= 4 is 17.9 Å². The number of primary amides is 1. The Labute approximate surface area is 108 Å². The van der Waals surface area contributed by atoms with E-state index in [-0.39, 0.29) is 0 Å². The molecule has 19 heavy (non-hydrogen) atoms. The number of H-pyrrole nitrogens is 1. The van der Waals surface area contributed by atoms with E-state index in [9.17, 15) is 14.4 Å². The third-order valence-corrected chi connectivity index (χ3v) is 2.29. The number of aliphatic carboxylic acids is 1. The summed E-state index contributed by atoms with van der Waals surface area (Å²) in [5.41, 5.74) is 4.90. The minimum atomic E-state index is -1.36. The summed E-state index contributed by atoms with van der Waals surface area (Å²) in [4.78, 5) is 39.8. The van der Waals surface area contributed by atoms with E-state index < -0.39 is 36.4 Å². The lowest BCUT2D eigenvalue weighted by molar-refractivity contribution is -0.140. The second kappa shape index (κ2) is 6.38. The molecular formula is C10H15N5O4. The molecule has 0 aliphatic carbocycles. The number of nitrogens with two attached hydrogens (primary N) is 1. The lowest BCUT2D eigenvalue weighted by Crippen LogP contribution is -2.48. The van der Waals surface area contributed by atoms with Crippen LogP contribution < -0.4 is 16.4 Å². The summed E-state index contributed by atoms with van der Waals surface area (Å²) in [5.74, 6) is -1.62. The molecule has 6 N–H and O–H groups in total. The number of nitrogens with one attached hydrogen (secondary N) is 3. The Hall–Kier alpha value is -2.58. The summed E-state index contributed by atoms with van der Waals surface area (Å²) in [6.45, 7) is 1.67. The molecule has 1 rings (SSSR count). The van der Waals surface area contributed by atoms with Crippen molar-refractivity contribution in [2.45, 2.75) is 25.4 Å². The molecule has 2 unspecified atom stereocenters. The number of hydrogen-bond acceptors (Lipinski definition) is 4. The molecule has 3 amide bonds. The first-order chi connectivity index (χ1) is 8.90. The number of carboxylic acid groups (broad SMARTS) is 1. The molecule has 1 aromatic heterocycles. The van der Waals surface area contributed by atoms with E-state index in [0.717, 1.165) is 0 Å². The summed E-state index contributed by atoms with van der Waals surface area (Å²) in [6, 6.07) is -2.52. The highest BCUT2D eigenvalue weighted by molar-refractivity contribution is 5.87. The smallest absolute Gasteiger partial charge is 0.326 e. The Bertz CT molecular complexity index is 458. The third kappa shape index (κ3) is 4.66. The predicted molar refractivity (Wildman–Crippen MR) is 63.9 cm³/mol. The quantitative estimate of drug-likeness (QED) is 0.453. The van der Waals surface area contributed by atoms with E-state index in [1.54, 1.807) is 13.1 Å². The molecule has 9 nitrogen and oxygen atoms in total. The van der Waals surface area contributed by atoms with Crippen LogP contribution in [0.5, 0.6) is 0 Å². The molecule has 1 heterocycles. The average molecular weight is 269 g/mol. The minimum absolute atomic E-state index is 0.432. The van der Waals surface area contributed by atoms with Crippen LogP contribution in [-0.4, -0.2) is 39.0 Å². The summed E-state index contributed by atoms with van der Waals surface area (Å²) < 4.78 is 0. The van der Waals surface area contributed by atoms with Crippen molar-refractivity contribution < 1.29 is 19.5 Å². The average Bonchev–Trinajstić information content (AvgIpc) is 2.80. The fraction of sp³-hybridized carbons (Fsp3) is 0.400. The normalized spacial score (nSPS) is 13.3. The van der Waals surface area contributed by atoms with Crippen LogP contribution in [0.3, 0.4) is 0 Å². The first-order valence-corrected chi connectivity index (χ1v) is 5.47. The van der Waals surface area contributed by atoms with Crippen LogP contribution in [0.4, 0.5) is 4.79 Å². The van der Waals surface area contributed by atoms with E-state index in [2.05, 4.69) is 20.6 Å². The number of nitrogens with zero attached hydrogens (tertiary/aromatic N) is 1. The standard InChI is InChI=1S/C10H15N5O4/c1-5(8-12-2-3-13-8)14-10(19)15-6(9(17)18)4-7(11)16/h2-3,5-6H,4H2,1H3,(H2,11,16)(H,12,13)(H,17,18)(H2,14,15,19). The van der Waals surface area contributed by atoms with Gasteiger partial charge < -0.3 is 26.5 Å². The minimum Gasteiger partial charge on any atom is -0.480 e. The maximum atomic E-state index is 11.6. The first-order valence-electron chi connectivity index (χ1n) is 5.47. The topological polar surface area (TPSA) is 150 Å². The number of carboxylic acids is 1. The fourth-order valence-electron chi connectivity index (χ4n) is 1.38. The Morgan fingerprint density at radius 1 is 1.47 bits per heavy atom. The van der Waals surface area contributed by atoms with Gasteiger partial charge in [0.2, 0.25) is 5.91 Å². The maximum Gasteiger partial charge on any atom is 0.326 e.